The van der Waals surface area contributed by atoms with Crippen molar-refractivity contribution in [3.8, 4) is 22.6 Å². The molecule has 30 heavy (non-hydrogen) atoms. The van der Waals surface area contributed by atoms with Crippen molar-refractivity contribution in [1.82, 2.24) is 9.97 Å². The van der Waals surface area contributed by atoms with Gasteiger partial charge in [-0.1, -0.05) is 44.5 Å². The summed E-state index contributed by atoms with van der Waals surface area (Å²) in [6, 6.07) is 12.8. The van der Waals surface area contributed by atoms with E-state index in [0.717, 1.165) is 35.6 Å². The standard InChI is InChI=1S/C25H26FN3O/c1-17(2)19-6-3-4-7-20(19)21-12-18(26)8-9-22(21)30-23-13-27-16-28-24(23)29-14-25(15-29)10-5-11-25/h3-4,6-9,12-13,16-17H,5,10-11,14-15H2,1-2H3. The molecule has 5 heteroatoms. The fourth-order valence-electron chi connectivity index (χ4n) is 4.69. The van der Waals surface area contributed by atoms with Crippen molar-refractivity contribution >= 4 is 5.82 Å². The van der Waals surface area contributed by atoms with Crippen LogP contribution in [0.5, 0.6) is 11.5 Å². The Bertz CT molecular complexity index is 1070. The van der Waals surface area contributed by atoms with Crippen molar-refractivity contribution in [3.63, 3.8) is 0 Å². The van der Waals surface area contributed by atoms with E-state index in [2.05, 4.69) is 34.8 Å². The van der Waals surface area contributed by atoms with Crippen molar-refractivity contribution in [2.75, 3.05) is 18.0 Å². The monoisotopic (exact) mass is 403 g/mol. The van der Waals surface area contributed by atoms with Gasteiger partial charge in [0.25, 0.3) is 0 Å². The molecule has 0 atom stereocenters. The van der Waals surface area contributed by atoms with E-state index in [1.54, 1.807) is 24.7 Å². The fourth-order valence-corrected chi connectivity index (χ4v) is 4.69. The number of nitrogens with zero attached hydrogens (tertiary/aromatic N) is 3. The highest BCUT2D eigenvalue weighted by Gasteiger charge is 2.48. The van der Waals surface area contributed by atoms with Gasteiger partial charge in [-0.3, -0.25) is 0 Å². The normalized spacial score (nSPS) is 17.0. The van der Waals surface area contributed by atoms with Gasteiger partial charge in [0.2, 0.25) is 0 Å². The molecule has 1 aliphatic carbocycles. The van der Waals surface area contributed by atoms with Crippen molar-refractivity contribution in [1.29, 1.82) is 0 Å². The lowest BCUT2D eigenvalue weighted by Crippen LogP contribution is -2.60. The molecular formula is C25H26FN3O. The van der Waals surface area contributed by atoms with Gasteiger partial charge >= 0.3 is 0 Å². The predicted molar refractivity (Wildman–Crippen MR) is 117 cm³/mol. The van der Waals surface area contributed by atoms with Crippen LogP contribution < -0.4 is 9.64 Å². The average Bonchev–Trinajstić information content (AvgIpc) is 2.68. The Kier molecular flexibility index (Phi) is 4.69. The van der Waals surface area contributed by atoms with Gasteiger partial charge in [-0.05, 0) is 48.1 Å². The molecule has 2 aliphatic rings. The Hall–Kier alpha value is -2.95. The Labute approximate surface area is 176 Å². The van der Waals surface area contributed by atoms with Crippen LogP contribution in [0.25, 0.3) is 11.1 Å². The molecule has 1 aliphatic heterocycles. The third-order valence-electron chi connectivity index (χ3n) is 6.46. The summed E-state index contributed by atoms with van der Waals surface area (Å²) >= 11 is 0. The molecular weight excluding hydrogens is 377 g/mol. The topological polar surface area (TPSA) is 38.3 Å². The maximum atomic E-state index is 14.2. The summed E-state index contributed by atoms with van der Waals surface area (Å²) in [5, 5.41) is 0. The van der Waals surface area contributed by atoms with Crippen molar-refractivity contribution in [2.45, 2.75) is 39.0 Å². The van der Waals surface area contributed by atoms with Crippen LogP contribution in [0.4, 0.5) is 10.2 Å². The molecule has 0 amide bonds. The van der Waals surface area contributed by atoms with Crippen LogP contribution in [0.15, 0.2) is 55.0 Å². The Morgan fingerprint density at radius 1 is 1.03 bits per heavy atom. The number of benzene rings is 2. The first-order valence-corrected chi connectivity index (χ1v) is 10.7. The zero-order valence-corrected chi connectivity index (χ0v) is 17.4. The third-order valence-corrected chi connectivity index (χ3v) is 6.46. The second-order valence-electron chi connectivity index (χ2n) is 8.90. The van der Waals surface area contributed by atoms with E-state index in [1.807, 2.05) is 18.2 Å². The second kappa shape index (κ2) is 7.38. The number of rotatable bonds is 5. The lowest BCUT2D eigenvalue weighted by atomic mass is 9.63. The van der Waals surface area contributed by atoms with Crippen LogP contribution in [0, 0.1) is 11.2 Å². The predicted octanol–water partition coefficient (Wildman–Crippen LogP) is 6.19. The van der Waals surface area contributed by atoms with Gasteiger partial charge in [-0.25, -0.2) is 14.4 Å². The van der Waals surface area contributed by atoms with Gasteiger partial charge in [-0.2, -0.15) is 0 Å². The molecule has 2 fully saturated rings. The molecule has 5 rings (SSSR count). The molecule has 2 heterocycles. The highest BCUT2D eigenvalue weighted by Crippen LogP contribution is 2.50. The molecule has 1 saturated carbocycles. The quantitative estimate of drug-likeness (QED) is 0.509. The number of anilines is 1. The van der Waals surface area contributed by atoms with E-state index in [0.29, 0.717) is 22.8 Å². The van der Waals surface area contributed by atoms with Gasteiger partial charge in [0.15, 0.2) is 11.6 Å². The molecule has 0 radical (unpaired) electrons. The Morgan fingerprint density at radius 3 is 2.57 bits per heavy atom. The zero-order valence-electron chi connectivity index (χ0n) is 17.4. The first-order chi connectivity index (χ1) is 14.5. The summed E-state index contributed by atoms with van der Waals surface area (Å²) in [4.78, 5) is 10.9. The molecule has 0 bridgehead atoms. The fraction of sp³-hybridized carbons (Fsp3) is 0.360. The zero-order chi connectivity index (χ0) is 20.7. The highest BCUT2D eigenvalue weighted by atomic mass is 19.1. The smallest absolute Gasteiger partial charge is 0.188 e. The first kappa shape index (κ1) is 19.0. The van der Waals surface area contributed by atoms with Gasteiger partial charge < -0.3 is 9.64 Å². The van der Waals surface area contributed by atoms with E-state index in [9.17, 15) is 4.39 Å². The summed E-state index contributed by atoms with van der Waals surface area (Å²) in [6.45, 7) is 6.32. The molecule has 1 saturated heterocycles. The second-order valence-corrected chi connectivity index (χ2v) is 8.90. The van der Waals surface area contributed by atoms with Gasteiger partial charge in [0.05, 0.1) is 6.20 Å². The van der Waals surface area contributed by atoms with Crippen molar-refractivity contribution in [3.05, 3.63) is 66.4 Å². The molecule has 2 aromatic carbocycles. The van der Waals surface area contributed by atoms with E-state index in [-0.39, 0.29) is 5.82 Å². The SMILES string of the molecule is CC(C)c1ccccc1-c1cc(F)ccc1Oc1cncnc1N1CC2(CCC2)C1. The molecule has 0 unspecified atom stereocenters. The average molecular weight is 404 g/mol. The minimum absolute atomic E-state index is 0.282. The number of hydrogen-bond donors (Lipinski definition) is 0. The summed E-state index contributed by atoms with van der Waals surface area (Å²) in [5.41, 5.74) is 3.37. The maximum absolute atomic E-state index is 14.2. The van der Waals surface area contributed by atoms with Gasteiger partial charge in [0.1, 0.15) is 17.9 Å². The van der Waals surface area contributed by atoms with Gasteiger partial charge in [0, 0.05) is 24.1 Å². The summed E-state index contributed by atoms with van der Waals surface area (Å²) in [6.07, 6.45) is 7.20. The van der Waals surface area contributed by atoms with Gasteiger partial charge in [-0.15, -0.1) is 0 Å². The number of hydrogen-bond acceptors (Lipinski definition) is 4. The molecule has 0 N–H and O–H groups in total. The number of halogens is 1. The van der Waals surface area contributed by atoms with E-state index in [1.165, 1.54) is 25.3 Å². The van der Waals surface area contributed by atoms with E-state index >= 15 is 0 Å². The molecule has 1 aromatic heterocycles. The van der Waals surface area contributed by atoms with E-state index in [4.69, 9.17) is 4.74 Å². The Balaban J connectivity index is 1.50. The van der Waals surface area contributed by atoms with Crippen LogP contribution >= 0.6 is 0 Å². The minimum atomic E-state index is -0.282. The highest BCUT2D eigenvalue weighted by molar-refractivity contribution is 5.75. The molecule has 3 aromatic rings. The summed E-state index contributed by atoms with van der Waals surface area (Å²) in [5.74, 6) is 2.07. The van der Waals surface area contributed by atoms with Crippen molar-refractivity contribution < 1.29 is 9.13 Å². The van der Waals surface area contributed by atoms with Crippen LogP contribution in [-0.4, -0.2) is 23.1 Å². The van der Waals surface area contributed by atoms with Crippen LogP contribution in [0.2, 0.25) is 0 Å². The molecule has 1 spiro atoms. The minimum Gasteiger partial charge on any atom is -0.451 e. The van der Waals surface area contributed by atoms with Crippen LogP contribution in [-0.2, 0) is 0 Å². The first-order valence-electron chi connectivity index (χ1n) is 10.7. The molecule has 4 nitrogen and oxygen atoms in total. The largest absolute Gasteiger partial charge is 0.451 e. The third kappa shape index (κ3) is 3.32. The number of aromatic nitrogens is 2. The molecule has 154 valence electrons. The lowest BCUT2D eigenvalue weighted by Gasteiger charge is -2.56. The van der Waals surface area contributed by atoms with Crippen molar-refractivity contribution in [2.24, 2.45) is 5.41 Å². The lowest BCUT2D eigenvalue weighted by molar-refractivity contribution is 0.0892. The Morgan fingerprint density at radius 2 is 1.83 bits per heavy atom. The van der Waals surface area contributed by atoms with Crippen LogP contribution in [0.1, 0.15) is 44.6 Å². The van der Waals surface area contributed by atoms with E-state index < -0.39 is 0 Å². The number of ether oxygens (including phenoxy) is 1. The maximum Gasteiger partial charge on any atom is 0.188 e. The summed E-state index contributed by atoms with van der Waals surface area (Å²) < 4.78 is 20.5. The summed E-state index contributed by atoms with van der Waals surface area (Å²) in [7, 11) is 0. The van der Waals surface area contributed by atoms with Crippen LogP contribution in [0.3, 0.4) is 0 Å².